The predicted octanol–water partition coefficient (Wildman–Crippen LogP) is 4.16. The molecule has 5 nitrogen and oxygen atoms in total. The van der Waals surface area contributed by atoms with E-state index in [1.54, 1.807) is 0 Å². The molecule has 1 aromatic heterocycles. The minimum Gasteiger partial charge on any atom is -0.369 e. The molecule has 4 N–H and O–H groups in total. The average Bonchev–Trinajstić information content (AvgIpc) is 2.99. The van der Waals surface area contributed by atoms with Gasteiger partial charge in [-0.2, -0.15) is 4.99 Å². The molecule has 1 saturated carbocycles. The van der Waals surface area contributed by atoms with Crippen LogP contribution in [0.2, 0.25) is 0 Å². The van der Waals surface area contributed by atoms with Gasteiger partial charge >= 0.3 is 0 Å². The summed E-state index contributed by atoms with van der Waals surface area (Å²) < 4.78 is 2.56. The minimum atomic E-state index is -0.390. The maximum absolute atomic E-state index is 6.34. The number of anilines is 1. The number of hydrogen-bond donors (Lipinski definition) is 2. The number of hydrogen-bond acceptors (Lipinski definition) is 6. The lowest BCUT2D eigenvalue weighted by molar-refractivity contribution is 0.305. The number of guanidine groups is 2. The molecule has 1 aliphatic heterocycles. The van der Waals surface area contributed by atoms with Crippen molar-refractivity contribution in [3.05, 3.63) is 42.5 Å². The van der Waals surface area contributed by atoms with Gasteiger partial charge in [0.25, 0.3) is 0 Å². The van der Waals surface area contributed by atoms with E-state index >= 15 is 0 Å². The van der Waals surface area contributed by atoms with E-state index in [0.29, 0.717) is 11.9 Å². The van der Waals surface area contributed by atoms with Crippen LogP contribution in [0.15, 0.2) is 52.4 Å². The maximum Gasteiger partial charge on any atom is 0.220 e. The van der Waals surface area contributed by atoms with Crippen molar-refractivity contribution in [3.63, 3.8) is 0 Å². The first-order chi connectivity index (χ1) is 12.7. The molecule has 6 heteroatoms. The first-order valence-corrected chi connectivity index (χ1v) is 9.89. The third-order valence-electron chi connectivity index (χ3n) is 5.47. The number of fused-ring (bicyclic) bond motifs is 3. The lowest BCUT2D eigenvalue weighted by Gasteiger charge is -2.45. The van der Waals surface area contributed by atoms with E-state index < -0.39 is 5.66 Å². The Morgan fingerprint density at radius 1 is 0.923 bits per heavy atom. The van der Waals surface area contributed by atoms with Gasteiger partial charge in [-0.05, 0) is 43.9 Å². The second-order valence-corrected chi connectivity index (χ2v) is 8.18. The summed E-state index contributed by atoms with van der Waals surface area (Å²) in [5.74, 6) is 0.739. The van der Waals surface area contributed by atoms with E-state index in [-0.39, 0.29) is 0 Å². The Morgan fingerprint density at radius 3 is 2.54 bits per heavy atom. The number of aliphatic imine (C=N–C) groups is 2. The summed E-state index contributed by atoms with van der Waals surface area (Å²) in [5, 5.41) is 2.58. The van der Waals surface area contributed by atoms with Gasteiger partial charge in [-0.3, -0.25) is 4.90 Å². The Hall–Kier alpha value is -2.60. The topological polar surface area (TPSA) is 80.0 Å². The first-order valence-electron chi connectivity index (χ1n) is 9.07. The van der Waals surface area contributed by atoms with Crippen LogP contribution in [0.25, 0.3) is 20.2 Å². The Bertz CT molecular complexity index is 1060. The monoisotopic (exact) mass is 363 g/mol. The molecule has 0 atom stereocenters. The Balaban J connectivity index is 1.67. The van der Waals surface area contributed by atoms with Crippen molar-refractivity contribution >= 4 is 49.1 Å². The largest absolute Gasteiger partial charge is 0.369 e. The van der Waals surface area contributed by atoms with Crippen LogP contribution in [0.3, 0.4) is 0 Å². The van der Waals surface area contributed by atoms with Crippen LogP contribution in [0.1, 0.15) is 32.1 Å². The van der Waals surface area contributed by atoms with Gasteiger partial charge in [-0.15, -0.1) is 11.3 Å². The zero-order valence-electron chi connectivity index (χ0n) is 14.5. The van der Waals surface area contributed by atoms with Crippen molar-refractivity contribution in [2.45, 2.75) is 37.8 Å². The summed E-state index contributed by atoms with van der Waals surface area (Å²) in [5.41, 5.74) is 13.0. The molecule has 2 heterocycles. The smallest absolute Gasteiger partial charge is 0.220 e. The molecule has 0 bridgehead atoms. The van der Waals surface area contributed by atoms with Crippen LogP contribution in [-0.2, 0) is 0 Å². The summed E-state index contributed by atoms with van der Waals surface area (Å²) in [6.07, 6.45) is 5.40. The maximum atomic E-state index is 6.34. The number of thiophene rings is 1. The fraction of sp³-hybridized carbons (Fsp3) is 0.300. The van der Waals surface area contributed by atoms with Crippen molar-refractivity contribution in [2.24, 2.45) is 21.5 Å². The number of nitrogens with two attached hydrogens (primary N) is 2. The lowest BCUT2D eigenvalue weighted by Crippen LogP contribution is -2.58. The zero-order valence-corrected chi connectivity index (χ0v) is 15.3. The molecule has 132 valence electrons. The van der Waals surface area contributed by atoms with E-state index in [2.05, 4.69) is 52.4 Å². The van der Waals surface area contributed by atoms with E-state index in [9.17, 15) is 0 Å². The van der Waals surface area contributed by atoms with Gasteiger partial charge in [0.1, 0.15) is 5.66 Å². The van der Waals surface area contributed by atoms with Gasteiger partial charge in [-0.25, -0.2) is 4.99 Å². The molecule has 5 rings (SSSR count). The quantitative estimate of drug-likeness (QED) is 0.681. The Kier molecular flexibility index (Phi) is 3.43. The molecule has 2 aliphatic rings. The number of benzene rings is 2. The van der Waals surface area contributed by atoms with Crippen LogP contribution >= 0.6 is 11.3 Å². The fourth-order valence-corrected chi connectivity index (χ4v) is 5.49. The molecule has 2 aromatic carbocycles. The highest BCUT2D eigenvalue weighted by molar-refractivity contribution is 7.25. The Morgan fingerprint density at radius 2 is 1.69 bits per heavy atom. The molecule has 1 aliphatic carbocycles. The van der Waals surface area contributed by atoms with Crippen molar-refractivity contribution in [2.75, 3.05) is 4.90 Å². The summed E-state index contributed by atoms with van der Waals surface area (Å²) in [7, 11) is 0. The average molecular weight is 363 g/mol. The standard InChI is InChI=1S/C20H21N5S/c21-18-23-19(22)25(20(24-18)10-4-1-5-11-20)13-8-9-15-14-6-2-3-7-16(14)26-17(15)12-13/h2-3,6-9,12H,1,4-5,10-11H2,(H4,21,22,23,24). The number of rotatable bonds is 1. The van der Waals surface area contributed by atoms with E-state index in [1.807, 2.05) is 11.3 Å². The highest BCUT2D eigenvalue weighted by Gasteiger charge is 2.42. The predicted molar refractivity (Wildman–Crippen MR) is 111 cm³/mol. The molecule has 26 heavy (non-hydrogen) atoms. The van der Waals surface area contributed by atoms with Gasteiger partial charge in [0.15, 0.2) is 0 Å². The van der Waals surface area contributed by atoms with Gasteiger partial charge in [-0.1, -0.05) is 30.7 Å². The van der Waals surface area contributed by atoms with Crippen LogP contribution in [-0.4, -0.2) is 17.6 Å². The van der Waals surface area contributed by atoms with Crippen molar-refractivity contribution in [1.82, 2.24) is 0 Å². The first kappa shape index (κ1) is 15.6. The third kappa shape index (κ3) is 2.29. The normalized spacial score (nSPS) is 19.8. The molecule has 0 unspecified atom stereocenters. The van der Waals surface area contributed by atoms with Crippen LogP contribution in [0, 0.1) is 0 Å². The fourth-order valence-electron chi connectivity index (χ4n) is 4.35. The molecule has 0 radical (unpaired) electrons. The van der Waals surface area contributed by atoms with Gasteiger partial charge in [0.2, 0.25) is 11.9 Å². The van der Waals surface area contributed by atoms with Crippen molar-refractivity contribution in [1.29, 1.82) is 0 Å². The van der Waals surface area contributed by atoms with Gasteiger partial charge in [0.05, 0.1) is 0 Å². The van der Waals surface area contributed by atoms with Gasteiger partial charge < -0.3 is 11.5 Å². The Labute approximate surface area is 156 Å². The van der Waals surface area contributed by atoms with Crippen LogP contribution in [0.5, 0.6) is 0 Å². The number of nitrogens with zero attached hydrogens (tertiary/aromatic N) is 3. The van der Waals surface area contributed by atoms with Gasteiger partial charge in [0, 0.05) is 25.9 Å². The lowest BCUT2D eigenvalue weighted by atomic mass is 9.87. The second-order valence-electron chi connectivity index (χ2n) is 7.10. The SMILES string of the molecule is NC1=NC2(CCCCC2)N(c2ccc3c(c2)sc2ccccc23)C(N)=N1. The second kappa shape index (κ2) is 5.71. The minimum absolute atomic E-state index is 0.295. The summed E-state index contributed by atoms with van der Waals surface area (Å²) in [6, 6.07) is 15.1. The molecular weight excluding hydrogens is 342 g/mol. The van der Waals surface area contributed by atoms with Crippen LogP contribution < -0.4 is 16.4 Å². The highest BCUT2D eigenvalue weighted by atomic mass is 32.1. The van der Waals surface area contributed by atoms with Crippen LogP contribution in [0.4, 0.5) is 5.69 Å². The molecular formula is C20H21N5S. The molecule has 1 fully saturated rings. The summed E-state index contributed by atoms with van der Waals surface area (Å²) >= 11 is 1.81. The molecule has 1 spiro atoms. The van der Waals surface area contributed by atoms with E-state index in [0.717, 1.165) is 31.4 Å². The van der Waals surface area contributed by atoms with E-state index in [4.69, 9.17) is 16.5 Å². The highest BCUT2D eigenvalue weighted by Crippen LogP contribution is 2.42. The zero-order chi connectivity index (χ0) is 17.7. The molecule has 0 saturated heterocycles. The van der Waals surface area contributed by atoms with Crippen molar-refractivity contribution < 1.29 is 0 Å². The molecule has 0 amide bonds. The summed E-state index contributed by atoms with van der Waals surface area (Å²) in [6.45, 7) is 0. The third-order valence-corrected chi connectivity index (χ3v) is 6.61. The van der Waals surface area contributed by atoms with E-state index in [1.165, 1.54) is 26.6 Å². The molecule has 3 aromatic rings. The summed E-state index contributed by atoms with van der Waals surface area (Å²) in [4.78, 5) is 11.1. The van der Waals surface area contributed by atoms with Crippen molar-refractivity contribution in [3.8, 4) is 0 Å².